The maximum Gasteiger partial charge on any atom is 0.271 e. The Balaban J connectivity index is 0.00000320. The molecule has 3 aromatic rings. The van der Waals surface area contributed by atoms with Crippen LogP contribution in [0.15, 0.2) is 47.4 Å². The average Bonchev–Trinajstić information content (AvgIpc) is 3.06. The molecule has 162 valence electrons. The van der Waals surface area contributed by atoms with Crippen LogP contribution in [0.25, 0.3) is 11.0 Å². The molecule has 0 atom stereocenters. The second-order valence-electron chi connectivity index (χ2n) is 6.89. The van der Waals surface area contributed by atoms with Crippen molar-refractivity contribution in [3.63, 3.8) is 0 Å². The van der Waals surface area contributed by atoms with E-state index in [0.717, 1.165) is 43.3 Å². The summed E-state index contributed by atoms with van der Waals surface area (Å²) in [4.78, 5) is 19.2. The molecule has 30 heavy (non-hydrogen) atoms. The van der Waals surface area contributed by atoms with Crippen molar-refractivity contribution in [2.45, 2.75) is 38.6 Å². The van der Waals surface area contributed by atoms with Gasteiger partial charge in [-0.15, -0.1) is 24.2 Å². The van der Waals surface area contributed by atoms with E-state index in [-0.39, 0.29) is 23.0 Å². The molecule has 0 saturated heterocycles. The molecule has 8 heteroatoms. The molecule has 2 aromatic carbocycles. The van der Waals surface area contributed by atoms with Crippen LogP contribution in [0.5, 0.6) is 0 Å². The van der Waals surface area contributed by atoms with E-state index in [0.29, 0.717) is 11.9 Å². The number of benzene rings is 2. The molecule has 0 unspecified atom stereocenters. The third kappa shape index (κ3) is 5.74. The maximum atomic E-state index is 11.2. The van der Waals surface area contributed by atoms with Gasteiger partial charge in [0.05, 0.1) is 16.0 Å². The zero-order valence-electron chi connectivity index (χ0n) is 17.7. The van der Waals surface area contributed by atoms with Gasteiger partial charge in [0.1, 0.15) is 5.82 Å². The summed E-state index contributed by atoms with van der Waals surface area (Å²) in [6.07, 6.45) is 0.706. The molecule has 0 N–H and O–H groups in total. The molecule has 0 aliphatic heterocycles. The fourth-order valence-corrected chi connectivity index (χ4v) is 4.16. The standard InChI is InChI=1S/C22H28N4O2S.ClH/c1-4-24(5-2)13-14-25-21-12-9-18(26(27)28)16-20(21)23-22(25)15-17-7-10-19(11-8-17)29-6-3;/h7-12,16H,4-6,13-15H2,1-3H3;1H. The molecule has 6 nitrogen and oxygen atoms in total. The number of aromatic nitrogens is 2. The summed E-state index contributed by atoms with van der Waals surface area (Å²) in [6, 6.07) is 13.6. The minimum atomic E-state index is -0.363. The monoisotopic (exact) mass is 448 g/mol. The largest absolute Gasteiger partial charge is 0.326 e. The van der Waals surface area contributed by atoms with Gasteiger partial charge in [-0.1, -0.05) is 32.9 Å². The number of likely N-dealkylation sites (N-methyl/N-ethyl adjacent to an activating group) is 1. The lowest BCUT2D eigenvalue weighted by molar-refractivity contribution is -0.384. The van der Waals surface area contributed by atoms with Gasteiger partial charge in [-0.3, -0.25) is 10.1 Å². The number of non-ortho nitro benzene ring substituents is 1. The highest BCUT2D eigenvalue weighted by molar-refractivity contribution is 7.99. The number of fused-ring (bicyclic) bond motifs is 1. The lowest BCUT2D eigenvalue weighted by Crippen LogP contribution is -2.27. The Morgan fingerprint density at radius 2 is 1.80 bits per heavy atom. The fourth-order valence-electron chi connectivity index (χ4n) is 3.50. The Labute approximate surface area is 188 Å². The van der Waals surface area contributed by atoms with Crippen LogP contribution in [0.1, 0.15) is 32.2 Å². The number of thioether (sulfide) groups is 1. The number of nitro benzene ring substituents is 1. The summed E-state index contributed by atoms with van der Waals surface area (Å²) in [5, 5.41) is 11.2. The SMILES string of the molecule is CCSc1ccc(Cc2nc3cc([N+](=O)[O-])ccc3n2CCN(CC)CC)cc1.Cl. The van der Waals surface area contributed by atoms with Crippen LogP contribution in [-0.2, 0) is 13.0 Å². The third-order valence-electron chi connectivity index (χ3n) is 5.15. The molecule has 0 amide bonds. The third-order valence-corrected chi connectivity index (χ3v) is 6.05. The zero-order valence-corrected chi connectivity index (χ0v) is 19.3. The van der Waals surface area contributed by atoms with Crippen LogP contribution in [0.3, 0.4) is 0 Å². The molecular weight excluding hydrogens is 420 g/mol. The van der Waals surface area contributed by atoms with Crippen LogP contribution in [0.2, 0.25) is 0 Å². The highest BCUT2D eigenvalue weighted by Crippen LogP contribution is 2.24. The van der Waals surface area contributed by atoms with Crippen molar-refractivity contribution in [2.75, 3.05) is 25.4 Å². The second-order valence-corrected chi connectivity index (χ2v) is 8.23. The number of rotatable bonds is 10. The van der Waals surface area contributed by atoms with E-state index in [1.807, 2.05) is 17.8 Å². The normalized spacial score (nSPS) is 11.1. The number of hydrogen-bond donors (Lipinski definition) is 0. The van der Waals surface area contributed by atoms with Crippen LogP contribution >= 0.6 is 24.2 Å². The first-order chi connectivity index (χ1) is 14.0. The van der Waals surface area contributed by atoms with Gasteiger partial charge in [0, 0.05) is 36.5 Å². The van der Waals surface area contributed by atoms with Crippen molar-refractivity contribution in [3.8, 4) is 0 Å². The summed E-state index contributed by atoms with van der Waals surface area (Å²) >= 11 is 1.83. The highest BCUT2D eigenvalue weighted by Gasteiger charge is 2.15. The van der Waals surface area contributed by atoms with Gasteiger partial charge in [-0.25, -0.2) is 4.98 Å². The zero-order chi connectivity index (χ0) is 20.8. The van der Waals surface area contributed by atoms with E-state index in [4.69, 9.17) is 4.98 Å². The molecule has 0 fully saturated rings. The molecule has 3 rings (SSSR count). The second kappa shape index (κ2) is 11.3. The Bertz CT molecular complexity index is 971. The summed E-state index contributed by atoms with van der Waals surface area (Å²) in [7, 11) is 0. The number of nitro groups is 1. The molecule has 0 bridgehead atoms. The van der Waals surface area contributed by atoms with Crippen molar-refractivity contribution in [3.05, 3.63) is 64.0 Å². The van der Waals surface area contributed by atoms with E-state index in [1.165, 1.54) is 10.5 Å². The van der Waals surface area contributed by atoms with Crippen LogP contribution in [0, 0.1) is 10.1 Å². The van der Waals surface area contributed by atoms with Gasteiger partial charge in [0.15, 0.2) is 0 Å². The first-order valence-electron chi connectivity index (χ1n) is 10.1. The fraction of sp³-hybridized carbons (Fsp3) is 0.409. The van der Waals surface area contributed by atoms with Crippen LogP contribution < -0.4 is 0 Å². The van der Waals surface area contributed by atoms with E-state index < -0.39 is 0 Å². The first-order valence-corrected chi connectivity index (χ1v) is 11.1. The van der Waals surface area contributed by atoms with E-state index in [2.05, 4.69) is 54.5 Å². The van der Waals surface area contributed by atoms with Gasteiger partial charge in [0.25, 0.3) is 5.69 Å². The summed E-state index contributed by atoms with van der Waals surface area (Å²) in [5.41, 5.74) is 2.92. The minimum Gasteiger partial charge on any atom is -0.326 e. The Hall–Kier alpha value is -2.09. The van der Waals surface area contributed by atoms with Crippen molar-refractivity contribution >= 4 is 40.9 Å². The van der Waals surface area contributed by atoms with Crippen molar-refractivity contribution < 1.29 is 4.92 Å². The predicted octanol–water partition coefficient (Wildman–Crippen LogP) is 5.41. The molecular formula is C22H29ClN4O2S. The summed E-state index contributed by atoms with van der Waals surface area (Å²) in [5.74, 6) is 2.00. The van der Waals surface area contributed by atoms with Gasteiger partial charge in [-0.2, -0.15) is 0 Å². The molecule has 1 aromatic heterocycles. The van der Waals surface area contributed by atoms with Gasteiger partial charge in [-0.05, 0) is 42.6 Å². The Kier molecular flexibility index (Phi) is 9.14. The smallest absolute Gasteiger partial charge is 0.271 e. The minimum absolute atomic E-state index is 0. The Morgan fingerprint density at radius 3 is 2.40 bits per heavy atom. The molecule has 0 spiro atoms. The first kappa shape index (κ1) is 24.2. The number of halogens is 1. The van der Waals surface area contributed by atoms with Gasteiger partial charge < -0.3 is 9.47 Å². The number of imidazole rings is 1. The molecule has 1 heterocycles. The lowest BCUT2D eigenvalue weighted by Gasteiger charge is -2.19. The quantitative estimate of drug-likeness (QED) is 0.235. The van der Waals surface area contributed by atoms with E-state index >= 15 is 0 Å². The van der Waals surface area contributed by atoms with Crippen molar-refractivity contribution in [1.82, 2.24) is 14.5 Å². The van der Waals surface area contributed by atoms with E-state index in [9.17, 15) is 10.1 Å². The Morgan fingerprint density at radius 1 is 1.10 bits per heavy atom. The number of nitrogens with zero attached hydrogens (tertiary/aromatic N) is 4. The molecule has 0 saturated carbocycles. The summed E-state index contributed by atoms with van der Waals surface area (Å²) < 4.78 is 2.21. The average molecular weight is 449 g/mol. The molecule has 0 aliphatic carbocycles. The predicted molar refractivity (Wildman–Crippen MR) is 127 cm³/mol. The lowest BCUT2D eigenvalue weighted by atomic mass is 10.1. The highest BCUT2D eigenvalue weighted by atomic mass is 35.5. The van der Waals surface area contributed by atoms with Gasteiger partial charge >= 0.3 is 0 Å². The van der Waals surface area contributed by atoms with Crippen molar-refractivity contribution in [1.29, 1.82) is 0 Å². The van der Waals surface area contributed by atoms with Crippen LogP contribution in [-0.4, -0.2) is 44.8 Å². The maximum absolute atomic E-state index is 11.2. The molecule has 0 aliphatic rings. The van der Waals surface area contributed by atoms with Crippen molar-refractivity contribution in [2.24, 2.45) is 0 Å². The number of hydrogen-bond acceptors (Lipinski definition) is 5. The molecule has 0 radical (unpaired) electrons. The van der Waals surface area contributed by atoms with Gasteiger partial charge in [0.2, 0.25) is 0 Å². The topological polar surface area (TPSA) is 64.2 Å². The van der Waals surface area contributed by atoms with Crippen LogP contribution in [0.4, 0.5) is 5.69 Å². The summed E-state index contributed by atoms with van der Waals surface area (Å²) in [6.45, 7) is 10.2. The van der Waals surface area contributed by atoms with E-state index in [1.54, 1.807) is 12.1 Å².